The summed E-state index contributed by atoms with van der Waals surface area (Å²) in [4.78, 5) is 0. The van der Waals surface area contributed by atoms with Gasteiger partial charge in [-0.2, -0.15) is 16.8 Å². The Kier molecular flexibility index (Phi) is 21.5. The second kappa shape index (κ2) is 28.3. The molecular weight excluding hydrogens is 961 g/mol. The molecule has 384 valence electrons. The van der Waals surface area contributed by atoms with Gasteiger partial charge in [0, 0.05) is 6.42 Å². The normalized spacial score (nSPS) is 19.6. The summed E-state index contributed by atoms with van der Waals surface area (Å²) in [6.45, 7) is 0.150. The third-order valence-corrected chi connectivity index (χ3v) is 12.8. The number of hydrogen-bond acceptors (Lipinski definition) is 14. The Bertz CT molecular complexity index is 2650. The summed E-state index contributed by atoms with van der Waals surface area (Å²) in [5.41, 5.74) is 5.20. The van der Waals surface area contributed by atoms with Gasteiger partial charge in [-0.3, -0.25) is 8.37 Å². The fourth-order valence-corrected chi connectivity index (χ4v) is 9.14. The van der Waals surface area contributed by atoms with Gasteiger partial charge in [0.25, 0.3) is 20.2 Å². The van der Waals surface area contributed by atoms with Crippen LogP contribution in [0, 0.1) is 0 Å². The van der Waals surface area contributed by atoms with E-state index in [4.69, 9.17) is 46.3 Å². The van der Waals surface area contributed by atoms with Crippen molar-refractivity contribution in [2.45, 2.75) is 95.1 Å². The zero-order valence-corrected chi connectivity index (χ0v) is 42.2. The van der Waals surface area contributed by atoms with Crippen LogP contribution in [0.4, 0.5) is 0 Å². The largest absolute Gasteiger partial charge is 0.374 e. The van der Waals surface area contributed by atoms with Crippen LogP contribution in [0.5, 0.6) is 0 Å². The van der Waals surface area contributed by atoms with Crippen LogP contribution in [-0.2, 0) is 106 Å². The number of ether oxygens (including phenoxy) is 8. The molecule has 0 radical (unpaired) electrons. The topological polar surface area (TPSA) is 161 Å². The Hall–Kier alpha value is -5.18. The van der Waals surface area contributed by atoms with Gasteiger partial charge in [-0.15, -0.1) is 0 Å². The third-order valence-electron chi connectivity index (χ3n) is 11.6. The van der Waals surface area contributed by atoms with Crippen molar-refractivity contribution in [3.63, 3.8) is 0 Å². The van der Waals surface area contributed by atoms with Gasteiger partial charge in [-0.25, -0.2) is 0 Å². The molecule has 7 rings (SSSR count). The van der Waals surface area contributed by atoms with Crippen LogP contribution in [0.2, 0.25) is 0 Å². The zero-order chi connectivity index (χ0) is 50.4. The Morgan fingerprint density at radius 2 is 0.861 bits per heavy atom. The van der Waals surface area contributed by atoms with E-state index in [1.54, 1.807) is 0 Å². The number of hydrogen-bond donors (Lipinski definition) is 0. The van der Waals surface area contributed by atoms with Crippen molar-refractivity contribution in [3.05, 3.63) is 215 Å². The molecule has 16 heteroatoms. The second-order valence-electron chi connectivity index (χ2n) is 17.4. The van der Waals surface area contributed by atoms with Crippen LogP contribution in [0.25, 0.3) is 0 Å². The molecule has 72 heavy (non-hydrogen) atoms. The summed E-state index contributed by atoms with van der Waals surface area (Å²) >= 11 is 0. The molecule has 14 nitrogen and oxygen atoms in total. The highest BCUT2D eigenvalue weighted by Crippen LogP contribution is 2.34. The fraction of sp³-hybridized carbons (Fsp3) is 0.357. The second-order valence-corrected chi connectivity index (χ2v) is 20.7. The summed E-state index contributed by atoms with van der Waals surface area (Å²) in [6.07, 6.45) is -7.14. The van der Waals surface area contributed by atoms with E-state index in [-0.39, 0.29) is 65.9 Å². The lowest BCUT2D eigenvalue weighted by atomic mass is 9.97. The van der Waals surface area contributed by atoms with Gasteiger partial charge in [0.05, 0.1) is 78.1 Å². The highest BCUT2D eigenvalue weighted by Gasteiger charge is 2.51. The number of rotatable bonds is 30. The highest BCUT2D eigenvalue weighted by molar-refractivity contribution is 7.86. The quantitative estimate of drug-likeness (QED) is 0.0395. The van der Waals surface area contributed by atoms with Crippen molar-refractivity contribution in [1.82, 2.24) is 0 Å². The van der Waals surface area contributed by atoms with Gasteiger partial charge in [0.1, 0.15) is 36.6 Å². The maximum Gasteiger partial charge on any atom is 0.264 e. The molecule has 0 aliphatic carbocycles. The Balaban J connectivity index is 1.32. The maximum atomic E-state index is 13.3. The molecule has 0 spiro atoms. The standard InChI is InChI=1S/C56H64O14S2/c1-71(57,58)67-34-33-49(63-37-45-25-13-5-14-26-45)52(51(70-72(2,59)60)42-62-36-44-23-11-4-12-24-44)69-56-55(66-40-48-31-19-8-20-32-48)54(65-39-47-29-17-7-18-30-47)53(64-38-46-27-15-6-16-28-46)50(68-56)41-61-35-43-21-9-3-10-22-43/h3-32,49-56H,33-42H2,1-2H3/t49-,50-,51-,52+,53-,54+,55-,56+/m1/s1. The summed E-state index contributed by atoms with van der Waals surface area (Å²) < 4.78 is 117. The molecule has 1 fully saturated rings. The van der Waals surface area contributed by atoms with Gasteiger partial charge < -0.3 is 37.9 Å². The minimum absolute atomic E-state index is 0.00900. The highest BCUT2D eigenvalue weighted by atomic mass is 32.2. The van der Waals surface area contributed by atoms with Gasteiger partial charge >= 0.3 is 0 Å². The molecule has 6 aromatic rings. The fourth-order valence-electron chi connectivity index (χ4n) is 8.13. The van der Waals surface area contributed by atoms with E-state index in [1.165, 1.54) is 0 Å². The third kappa shape index (κ3) is 18.7. The smallest absolute Gasteiger partial charge is 0.264 e. The van der Waals surface area contributed by atoms with E-state index in [9.17, 15) is 16.8 Å². The summed E-state index contributed by atoms with van der Waals surface area (Å²) in [7, 11) is -8.15. The Labute approximate surface area is 424 Å². The lowest BCUT2D eigenvalue weighted by molar-refractivity contribution is -0.347. The molecule has 1 aliphatic heterocycles. The van der Waals surface area contributed by atoms with Crippen molar-refractivity contribution in [3.8, 4) is 0 Å². The monoisotopic (exact) mass is 1020 g/mol. The van der Waals surface area contributed by atoms with E-state index < -0.39 is 69.3 Å². The van der Waals surface area contributed by atoms with Crippen molar-refractivity contribution >= 4 is 20.2 Å². The van der Waals surface area contributed by atoms with E-state index in [0.717, 1.165) is 45.9 Å². The van der Waals surface area contributed by atoms with Crippen LogP contribution in [-0.4, -0.2) is 98.2 Å². The molecule has 6 aromatic carbocycles. The average molecular weight is 1030 g/mol. The molecule has 0 bridgehead atoms. The van der Waals surface area contributed by atoms with E-state index in [0.29, 0.717) is 0 Å². The average Bonchev–Trinajstić information content (AvgIpc) is 3.38. The first-order valence-electron chi connectivity index (χ1n) is 23.8. The maximum absolute atomic E-state index is 13.3. The molecular formula is C56H64O14S2. The minimum atomic E-state index is -4.23. The van der Waals surface area contributed by atoms with Crippen molar-refractivity contribution < 1.29 is 63.1 Å². The van der Waals surface area contributed by atoms with E-state index in [2.05, 4.69) is 0 Å². The van der Waals surface area contributed by atoms with Gasteiger partial charge in [0.2, 0.25) is 0 Å². The predicted molar refractivity (Wildman–Crippen MR) is 271 cm³/mol. The van der Waals surface area contributed by atoms with E-state index in [1.807, 2.05) is 182 Å². The van der Waals surface area contributed by atoms with Crippen molar-refractivity contribution in [2.24, 2.45) is 0 Å². The SMILES string of the molecule is CS(=O)(=O)OCC[C@@H](OCc1ccccc1)[C@H](O[C@@H]1O[C@H](COCc2ccccc2)[C@@H](OCc2ccccc2)[C@H](OCc2ccccc2)[C@H]1OCc1ccccc1)[C@@H](COCc1ccccc1)OS(C)(=O)=O. The molecule has 1 aliphatic rings. The van der Waals surface area contributed by atoms with Crippen LogP contribution in [0.1, 0.15) is 39.8 Å². The van der Waals surface area contributed by atoms with Gasteiger partial charge in [-0.1, -0.05) is 182 Å². The molecule has 0 unspecified atom stereocenters. The van der Waals surface area contributed by atoms with Crippen molar-refractivity contribution in [1.29, 1.82) is 0 Å². The molecule has 1 heterocycles. The lowest BCUT2D eigenvalue weighted by Gasteiger charge is -2.47. The summed E-state index contributed by atoms with van der Waals surface area (Å²) in [5.74, 6) is 0. The molecule has 0 N–H and O–H groups in total. The Morgan fingerprint density at radius 1 is 0.458 bits per heavy atom. The van der Waals surface area contributed by atoms with E-state index >= 15 is 0 Å². The summed E-state index contributed by atoms with van der Waals surface area (Å²) in [6, 6.07) is 57.5. The van der Waals surface area contributed by atoms with Crippen molar-refractivity contribution in [2.75, 3.05) is 32.3 Å². The molecule has 1 saturated heterocycles. The predicted octanol–water partition coefficient (Wildman–Crippen LogP) is 8.58. The Morgan fingerprint density at radius 3 is 1.31 bits per heavy atom. The molecule has 0 aromatic heterocycles. The molecule has 0 amide bonds. The molecule has 0 saturated carbocycles. The number of benzene rings is 6. The van der Waals surface area contributed by atoms with Gasteiger partial charge in [-0.05, 0) is 33.4 Å². The first-order chi connectivity index (χ1) is 35.0. The van der Waals surface area contributed by atoms with Crippen LogP contribution < -0.4 is 0 Å². The zero-order valence-electron chi connectivity index (χ0n) is 40.5. The molecule has 8 atom stereocenters. The lowest BCUT2D eigenvalue weighted by Crippen LogP contribution is -2.63. The first-order valence-corrected chi connectivity index (χ1v) is 27.5. The van der Waals surface area contributed by atoms with Crippen LogP contribution in [0.15, 0.2) is 182 Å². The summed E-state index contributed by atoms with van der Waals surface area (Å²) in [5, 5.41) is 0. The van der Waals surface area contributed by atoms with Gasteiger partial charge in [0.15, 0.2) is 6.29 Å². The van der Waals surface area contributed by atoms with Crippen LogP contribution >= 0.6 is 0 Å². The first kappa shape index (κ1) is 54.6. The minimum Gasteiger partial charge on any atom is -0.374 e. The van der Waals surface area contributed by atoms with Crippen LogP contribution in [0.3, 0.4) is 0 Å².